The summed E-state index contributed by atoms with van der Waals surface area (Å²) in [6.45, 7) is 8.09. The maximum atomic E-state index is 11.5. The van der Waals surface area contributed by atoms with Crippen LogP contribution in [0.25, 0.3) is 0 Å². The predicted octanol–water partition coefficient (Wildman–Crippen LogP) is 5.91. The van der Waals surface area contributed by atoms with Crippen molar-refractivity contribution in [1.29, 1.82) is 0 Å². The van der Waals surface area contributed by atoms with Crippen LogP contribution >= 0.6 is 0 Å². The summed E-state index contributed by atoms with van der Waals surface area (Å²) in [6, 6.07) is 0. The largest absolute Gasteiger partial charge is 0.480 e. The minimum Gasteiger partial charge on any atom is -0.480 e. The van der Waals surface area contributed by atoms with Crippen LogP contribution < -0.4 is 5.73 Å². The fourth-order valence-corrected chi connectivity index (χ4v) is 3.46. The quantitative estimate of drug-likeness (QED) is 0.368. The SMILES string of the molecule is CCCCCCCCCCCCC(C)(CCC)C(C)(N)C(=O)O. The minimum atomic E-state index is -1.14. The van der Waals surface area contributed by atoms with Gasteiger partial charge in [0.15, 0.2) is 0 Å². The molecule has 138 valence electrons. The second-order valence-electron chi connectivity index (χ2n) is 7.75. The Hall–Kier alpha value is -0.570. The van der Waals surface area contributed by atoms with Crippen molar-refractivity contribution in [3.8, 4) is 0 Å². The lowest BCUT2D eigenvalue weighted by atomic mass is 9.66. The zero-order valence-corrected chi connectivity index (χ0v) is 16.1. The molecular weight excluding hydrogens is 286 g/mol. The molecule has 0 radical (unpaired) electrons. The van der Waals surface area contributed by atoms with Crippen molar-refractivity contribution in [2.24, 2.45) is 11.1 Å². The summed E-state index contributed by atoms with van der Waals surface area (Å²) in [6.07, 6.45) is 15.8. The topological polar surface area (TPSA) is 63.3 Å². The number of carboxylic acid groups (broad SMARTS) is 1. The minimum absolute atomic E-state index is 0.312. The van der Waals surface area contributed by atoms with Crippen molar-refractivity contribution in [3.63, 3.8) is 0 Å². The molecule has 2 atom stereocenters. The molecule has 0 amide bonds. The van der Waals surface area contributed by atoms with Gasteiger partial charge in [-0.1, -0.05) is 91.4 Å². The Morgan fingerprint density at radius 3 is 1.61 bits per heavy atom. The molecule has 0 aromatic heterocycles. The highest BCUT2D eigenvalue weighted by molar-refractivity contribution is 5.79. The first kappa shape index (κ1) is 22.4. The van der Waals surface area contributed by atoms with Crippen molar-refractivity contribution in [2.45, 2.75) is 117 Å². The molecule has 0 saturated carbocycles. The Morgan fingerprint density at radius 1 is 0.783 bits per heavy atom. The van der Waals surface area contributed by atoms with E-state index in [0.29, 0.717) is 0 Å². The molecule has 0 bridgehead atoms. The van der Waals surface area contributed by atoms with Gasteiger partial charge in [0.2, 0.25) is 0 Å². The van der Waals surface area contributed by atoms with Crippen molar-refractivity contribution in [2.75, 3.05) is 0 Å². The van der Waals surface area contributed by atoms with E-state index < -0.39 is 11.5 Å². The molecular formula is C20H41NO2. The van der Waals surface area contributed by atoms with Gasteiger partial charge in [0, 0.05) is 0 Å². The molecule has 3 nitrogen and oxygen atoms in total. The van der Waals surface area contributed by atoms with Crippen LogP contribution in [-0.4, -0.2) is 16.6 Å². The second-order valence-corrected chi connectivity index (χ2v) is 7.75. The number of unbranched alkanes of at least 4 members (excludes halogenated alkanes) is 9. The van der Waals surface area contributed by atoms with Gasteiger partial charge in [-0.25, -0.2) is 0 Å². The number of nitrogens with two attached hydrogens (primary N) is 1. The lowest BCUT2D eigenvalue weighted by Crippen LogP contribution is -2.57. The molecule has 0 aliphatic carbocycles. The van der Waals surface area contributed by atoms with Gasteiger partial charge in [0.25, 0.3) is 0 Å². The molecule has 0 aromatic carbocycles. The first-order valence-corrected chi connectivity index (χ1v) is 9.84. The van der Waals surface area contributed by atoms with Gasteiger partial charge in [0.05, 0.1) is 0 Å². The van der Waals surface area contributed by atoms with Gasteiger partial charge >= 0.3 is 5.97 Å². The molecule has 0 saturated heterocycles. The van der Waals surface area contributed by atoms with Crippen molar-refractivity contribution in [1.82, 2.24) is 0 Å². The molecule has 0 rings (SSSR count). The van der Waals surface area contributed by atoms with Crippen LogP contribution in [0, 0.1) is 5.41 Å². The molecule has 0 heterocycles. The van der Waals surface area contributed by atoms with E-state index in [-0.39, 0.29) is 5.41 Å². The number of rotatable bonds is 15. The molecule has 2 unspecified atom stereocenters. The van der Waals surface area contributed by atoms with E-state index in [2.05, 4.69) is 20.8 Å². The molecule has 3 heteroatoms. The summed E-state index contributed by atoms with van der Waals surface area (Å²) in [5.41, 5.74) is 4.70. The standard InChI is InChI=1S/C20H41NO2/c1-5-7-8-9-10-11-12-13-14-15-17-19(3,16-6-2)20(4,21)18(22)23/h5-17,21H2,1-4H3,(H,22,23). The third kappa shape index (κ3) is 8.19. The lowest BCUT2D eigenvalue weighted by Gasteiger charge is -2.41. The zero-order valence-electron chi connectivity index (χ0n) is 16.1. The normalized spacial score (nSPS) is 16.7. The van der Waals surface area contributed by atoms with Crippen LogP contribution in [0.5, 0.6) is 0 Å². The Morgan fingerprint density at radius 2 is 1.22 bits per heavy atom. The number of hydrogen-bond acceptors (Lipinski definition) is 2. The van der Waals surface area contributed by atoms with E-state index in [4.69, 9.17) is 5.73 Å². The first-order chi connectivity index (χ1) is 10.8. The third-order valence-corrected chi connectivity index (χ3v) is 5.58. The number of hydrogen-bond donors (Lipinski definition) is 2. The number of aliphatic carboxylic acids is 1. The van der Waals surface area contributed by atoms with Crippen LogP contribution in [0.2, 0.25) is 0 Å². The first-order valence-electron chi connectivity index (χ1n) is 9.84. The van der Waals surface area contributed by atoms with Gasteiger partial charge in [-0.15, -0.1) is 0 Å². The second kappa shape index (κ2) is 11.9. The Labute approximate surface area is 144 Å². The highest BCUT2D eigenvalue weighted by Crippen LogP contribution is 2.39. The maximum Gasteiger partial charge on any atom is 0.323 e. The van der Waals surface area contributed by atoms with Crippen LogP contribution in [-0.2, 0) is 4.79 Å². The van der Waals surface area contributed by atoms with Crippen LogP contribution in [0.4, 0.5) is 0 Å². The summed E-state index contributed by atoms with van der Waals surface area (Å²) < 4.78 is 0. The van der Waals surface area contributed by atoms with Crippen molar-refractivity contribution in [3.05, 3.63) is 0 Å². The van der Waals surface area contributed by atoms with E-state index in [0.717, 1.165) is 25.7 Å². The smallest absolute Gasteiger partial charge is 0.323 e. The van der Waals surface area contributed by atoms with E-state index in [1.54, 1.807) is 6.92 Å². The predicted molar refractivity (Wildman–Crippen MR) is 99.7 cm³/mol. The van der Waals surface area contributed by atoms with E-state index in [1.165, 1.54) is 57.8 Å². The third-order valence-electron chi connectivity index (χ3n) is 5.58. The van der Waals surface area contributed by atoms with E-state index >= 15 is 0 Å². The van der Waals surface area contributed by atoms with Gasteiger partial charge in [-0.2, -0.15) is 0 Å². The van der Waals surface area contributed by atoms with E-state index in [9.17, 15) is 9.90 Å². The Balaban J connectivity index is 3.96. The molecule has 0 fully saturated rings. The average molecular weight is 328 g/mol. The summed E-state index contributed by atoms with van der Waals surface area (Å²) in [5.74, 6) is -0.875. The summed E-state index contributed by atoms with van der Waals surface area (Å²) in [7, 11) is 0. The molecule has 0 aliphatic heterocycles. The fourth-order valence-electron chi connectivity index (χ4n) is 3.46. The van der Waals surface area contributed by atoms with Crippen LogP contribution in [0.1, 0.15) is 111 Å². The van der Waals surface area contributed by atoms with Gasteiger partial charge in [-0.3, -0.25) is 4.79 Å². The van der Waals surface area contributed by atoms with E-state index in [1.807, 2.05) is 0 Å². The van der Waals surface area contributed by atoms with Crippen LogP contribution in [0.15, 0.2) is 0 Å². The molecule has 0 spiro atoms. The summed E-state index contributed by atoms with van der Waals surface area (Å²) in [4.78, 5) is 11.5. The Bertz CT molecular complexity index is 315. The molecule has 0 aliphatic rings. The lowest BCUT2D eigenvalue weighted by molar-refractivity contribution is -0.148. The van der Waals surface area contributed by atoms with Crippen molar-refractivity contribution >= 4 is 5.97 Å². The maximum absolute atomic E-state index is 11.5. The number of carboxylic acids is 1. The highest BCUT2D eigenvalue weighted by Gasteiger charge is 2.46. The summed E-state index contributed by atoms with van der Waals surface area (Å²) >= 11 is 0. The molecule has 23 heavy (non-hydrogen) atoms. The zero-order chi connectivity index (χ0) is 17.8. The van der Waals surface area contributed by atoms with Gasteiger partial charge in [0.1, 0.15) is 5.54 Å². The fraction of sp³-hybridized carbons (Fsp3) is 0.950. The Kier molecular flexibility index (Phi) is 11.6. The highest BCUT2D eigenvalue weighted by atomic mass is 16.4. The van der Waals surface area contributed by atoms with Crippen LogP contribution in [0.3, 0.4) is 0 Å². The molecule has 0 aromatic rings. The number of carbonyl (C=O) groups is 1. The monoisotopic (exact) mass is 327 g/mol. The molecule has 3 N–H and O–H groups in total. The summed E-state index contributed by atoms with van der Waals surface area (Å²) in [5, 5.41) is 9.44. The van der Waals surface area contributed by atoms with Gasteiger partial charge < -0.3 is 10.8 Å². The average Bonchev–Trinajstić information content (AvgIpc) is 2.49. The van der Waals surface area contributed by atoms with Crippen molar-refractivity contribution < 1.29 is 9.90 Å². The van der Waals surface area contributed by atoms with Gasteiger partial charge in [-0.05, 0) is 25.2 Å².